The molecule has 0 bridgehead atoms. The summed E-state index contributed by atoms with van der Waals surface area (Å²) in [5.41, 5.74) is 0.864. The number of rotatable bonds is 10. The molecule has 10 nitrogen and oxygen atoms in total. The SMILES string of the molecule is CN(C)CCNc1ccc(-n2cc(Br)c3cc(N(CC(=O)O)S(=O)(=O)c4cc(Cl)cc(Cl)c4)ccc32)nn1. The van der Waals surface area contributed by atoms with Crippen molar-refractivity contribution in [3.63, 3.8) is 0 Å². The zero-order valence-electron chi connectivity index (χ0n) is 20.3. The van der Waals surface area contributed by atoms with Gasteiger partial charge in [0.05, 0.1) is 16.1 Å². The standard InChI is InChI=1S/C24H23BrCl2N6O4S/c1-31(2)8-7-28-22-5-6-23(30-29-22)32-13-20(25)19-12-17(3-4-21(19)32)33(14-24(34)35)38(36,37)18-10-15(26)9-16(27)11-18/h3-6,9-13H,7-8,14H2,1-2H3,(H,28,29)(H,34,35). The van der Waals surface area contributed by atoms with E-state index in [9.17, 15) is 18.3 Å². The highest BCUT2D eigenvalue weighted by Gasteiger charge is 2.28. The smallest absolute Gasteiger partial charge is 0.324 e. The fourth-order valence-corrected chi connectivity index (χ4v) is 6.38. The number of sulfonamides is 1. The average Bonchev–Trinajstić information content (AvgIpc) is 3.17. The average molecular weight is 642 g/mol. The first-order chi connectivity index (χ1) is 18.0. The van der Waals surface area contributed by atoms with E-state index in [1.54, 1.807) is 22.9 Å². The number of aromatic nitrogens is 3. The maximum Gasteiger partial charge on any atom is 0.324 e. The summed E-state index contributed by atoms with van der Waals surface area (Å²) in [5, 5.41) is 22.1. The Kier molecular flexibility index (Phi) is 8.48. The number of fused-ring (bicyclic) bond motifs is 1. The first-order valence-electron chi connectivity index (χ1n) is 11.2. The van der Waals surface area contributed by atoms with Gasteiger partial charge in [0.2, 0.25) is 0 Å². The van der Waals surface area contributed by atoms with Crippen LogP contribution in [-0.2, 0) is 14.8 Å². The van der Waals surface area contributed by atoms with Gasteiger partial charge in [0.25, 0.3) is 10.0 Å². The summed E-state index contributed by atoms with van der Waals surface area (Å²) in [7, 11) is -0.337. The molecule has 0 saturated heterocycles. The second kappa shape index (κ2) is 11.5. The quantitative estimate of drug-likeness (QED) is 0.255. The lowest BCUT2D eigenvalue weighted by Gasteiger charge is -2.23. The first kappa shape index (κ1) is 28.1. The van der Waals surface area contributed by atoms with Crippen molar-refractivity contribution in [3.8, 4) is 5.82 Å². The number of anilines is 2. The Morgan fingerprint density at radius 3 is 2.39 bits per heavy atom. The van der Waals surface area contributed by atoms with Crippen molar-refractivity contribution in [1.29, 1.82) is 0 Å². The Hall–Kier alpha value is -2.90. The van der Waals surface area contributed by atoms with Crippen LogP contribution in [0.4, 0.5) is 11.5 Å². The van der Waals surface area contributed by atoms with Crippen LogP contribution in [0.1, 0.15) is 0 Å². The zero-order valence-corrected chi connectivity index (χ0v) is 24.2. The van der Waals surface area contributed by atoms with Crippen LogP contribution in [0.5, 0.6) is 0 Å². The van der Waals surface area contributed by atoms with Crippen molar-refractivity contribution < 1.29 is 18.3 Å². The van der Waals surface area contributed by atoms with Crippen LogP contribution in [0.25, 0.3) is 16.7 Å². The van der Waals surface area contributed by atoms with Gasteiger partial charge in [0.1, 0.15) is 12.4 Å². The minimum absolute atomic E-state index is 0.113. The van der Waals surface area contributed by atoms with E-state index >= 15 is 0 Å². The fraction of sp³-hybridized carbons (Fsp3) is 0.208. The van der Waals surface area contributed by atoms with Crippen LogP contribution in [0.15, 0.2) is 64.1 Å². The largest absolute Gasteiger partial charge is 0.480 e. The summed E-state index contributed by atoms with van der Waals surface area (Å²) in [4.78, 5) is 13.5. The maximum absolute atomic E-state index is 13.5. The highest BCUT2D eigenvalue weighted by molar-refractivity contribution is 9.10. The summed E-state index contributed by atoms with van der Waals surface area (Å²) < 4.78 is 30.2. The van der Waals surface area contributed by atoms with E-state index in [0.29, 0.717) is 27.0 Å². The highest BCUT2D eigenvalue weighted by Crippen LogP contribution is 2.34. The molecule has 0 spiro atoms. The lowest BCUT2D eigenvalue weighted by Crippen LogP contribution is -2.35. The van der Waals surface area contributed by atoms with E-state index in [2.05, 4.69) is 36.3 Å². The molecular weight excluding hydrogens is 619 g/mol. The number of nitrogens with one attached hydrogen (secondary N) is 1. The minimum Gasteiger partial charge on any atom is -0.480 e. The van der Waals surface area contributed by atoms with Gasteiger partial charge in [-0.1, -0.05) is 23.2 Å². The number of carboxylic acids is 1. The van der Waals surface area contributed by atoms with E-state index < -0.39 is 22.5 Å². The zero-order chi connectivity index (χ0) is 27.6. The Labute approximate surface area is 238 Å². The monoisotopic (exact) mass is 640 g/mol. The van der Waals surface area contributed by atoms with Gasteiger partial charge in [-0.2, -0.15) is 0 Å². The van der Waals surface area contributed by atoms with Crippen molar-refractivity contribution in [3.05, 3.63) is 69.2 Å². The Balaban J connectivity index is 1.71. The van der Waals surface area contributed by atoms with E-state index in [1.165, 1.54) is 24.3 Å². The molecule has 0 aliphatic rings. The molecule has 0 saturated carbocycles. The van der Waals surface area contributed by atoms with Crippen molar-refractivity contribution in [2.45, 2.75) is 4.90 Å². The number of nitrogens with zero attached hydrogens (tertiary/aromatic N) is 5. The molecule has 0 radical (unpaired) electrons. The van der Waals surface area contributed by atoms with Crippen molar-refractivity contribution in [2.75, 3.05) is 43.4 Å². The molecule has 0 aliphatic heterocycles. The van der Waals surface area contributed by atoms with Crippen molar-refractivity contribution in [2.24, 2.45) is 0 Å². The summed E-state index contributed by atoms with van der Waals surface area (Å²) in [6.07, 6.45) is 1.78. The van der Waals surface area contributed by atoms with Gasteiger partial charge >= 0.3 is 5.97 Å². The Bertz CT molecular complexity index is 1580. The topological polar surface area (TPSA) is 121 Å². The second-order valence-electron chi connectivity index (χ2n) is 8.57. The number of aliphatic carboxylic acids is 1. The van der Waals surface area contributed by atoms with Crippen LogP contribution in [0, 0.1) is 0 Å². The van der Waals surface area contributed by atoms with Gasteiger partial charge in [-0.3, -0.25) is 13.7 Å². The molecule has 38 heavy (non-hydrogen) atoms. The highest BCUT2D eigenvalue weighted by atomic mass is 79.9. The van der Waals surface area contributed by atoms with Gasteiger partial charge in [-0.25, -0.2) is 8.42 Å². The van der Waals surface area contributed by atoms with Crippen molar-refractivity contribution in [1.82, 2.24) is 19.7 Å². The predicted molar refractivity (Wildman–Crippen MR) is 152 cm³/mol. The molecule has 4 rings (SSSR count). The van der Waals surface area contributed by atoms with E-state index in [-0.39, 0.29) is 20.6 Å². The Morgan fingerprint density at radius 2 is 1.79 bits per heavy atom. The van der Waals surface area contributed by atoms with Crippen LogP contribution in [0.2, 0.25) is 10.0 Å². The number of hydrogen-bond acceptors (Lipinski definition) is 7. The Morgan fingerprint density at radius 1 is 1.08 bits per heavy atom. The number of carbonyl (C=O) groups is 1. The lowest BCUT2D eigenvalue weighted by molar-refractivity contribution is -0.135. The number of benzene rings is 2. The third kappa shape index (κ3) is 6.21. The first-order valence-corrected chi connectivity index (χ1v) is 14.2. The molecular formula is C24H23BrCl2N6O4S. The predicted octanol–water partition coefficient (Wildman–Crippen LogP) is 4.74. The molecule has 0 unspecified atom stereocenters. The molecule has 0 aliphatic carbocycles. The van der Waals surface area contributed by atoms with E-state index in [1.807, 2.05) is 26.2 Å². The molecule has 2 N–H and O–H groups in total. The van der Waals surface area contributed by atoms with E-state index in [4.69, 9.17) is 23.2 Å². The molecule has 2 aromatic heterocycles. The molecule has 0 atom stereocenters. The molecule has 0 fully saturated rings. The van der Waals surface area contributed by atoms with Gasteiger partial charge in [-0.15, -0.1) is 10.2 Å². The minimum atomic E-state index is -4.31. The van der Waals surface area contributed by atoms with Crippen LogP contribution in [0.3, 0.4) is 0 Å². The van der Waals surface area contributed by atoms with Gasteiger partial charge in [-0.05, 0) is 78.6 Å². The molecule has 2 heterocycles. The third-order valence-corrected chi connectivity index (χ3v) is 8.31. The van der Waals surface area contributed by atoms with Gasteiger partial charge in [0, 0.05) is 39.2 Å². The molecule has 0 amide bonds. The van der Waals surface area contributed by atoms with Crippen molar-refractivity contribution >= 4 is 77.5 Å². The molecule has 4 aromatic rings. The molecule has 200 valence electrons. The number of likely N-dealkylation sites (N-methyl/N-ethyl adjacent to an activating group) is 1. The fourth-order valence-electron chi connectivity index (χ4n) is 3.72. The van der Waals surface area contributed by atoms with Crippen LogP contribution in [-0.4, -0.2) is 72.9 Å². The lowest BCUT2D eigenvalue weighted by atomic mass is 10.2. The summed E-state index contributed by atoms with van der Waals surface area (Å²) in [6.45, 7) is 0.767. The second-order valence-corrected chi connectivity index (χ2v) is 12.2. The third-order valence-electron chi connectivity index (χ3n) is 5.49. The number of carboxylic acid groups (broad SMARTS) is 1. The van der Waals surface area contributed by atoms with Crippen LogP contribution < -0.4 is 9.62 Å². The summed E-state index contributed by atoms with van der Waals surface area (Å²) in [5.74, 6) is -0.132. The number of halogens is 3. The number of hydrogen-bond donors (Lipinski definition) is 2. The van der Waals surface area contributed by atoms with Gasteiger partial charge < -0.3 is 15.3 Å². The van der Waals surface area contributed by atoms with E-state index in [0.717, 1.165) is 17.4 Å². The van der Waals surface area contributed by atoms with Crippen LogP contribution >= 0.6 is 39.1 Å². The summed E-state index contributed by atoms with van der Waals surface area (Å²) >= 11 is 15.5. The summed E-state index contributed by atoms with van der Waals surface area (Å²) in [6, 6.07) is 12.3. The molecule has 2 aromatic carbocycles. The maximum atomic E-state index is 13.5. The van der Waals surface area contributed by atoms with Gasteiger partial charge in [0.15, 0.2) is 5.82 Å². The molecule has 14 heteroatoms. The normalized spacial score (nSPS) is 11.7.